The maximum atomic E-state index is 4.64. The molecule has 0 aliphatic heterocycles. The van der Waals surface area contributed by atoms with Crippen LogP contribution in [0, 0.1) is 6.92 Å². The molecule has 4 aromatic rings. The molecule has 0 amide bonds. The second kappa shape index (κ2) is 4.20. The number of benzene rings is 2. The minimum Gasteiger partial charge on any atom is -0.306 e. The summed E-state index contributed by atoms with van der Waals surface area (Å²) in [4.78, 5) is 4.64. The van der Waals surface area contributed by atoms with E-state index in [1.807, 2.05) is 13.0 Å². The molecular weight excluding hydrogens is 244 g/mol. The molecular formula is C18H14N2. The quantitative estimate of drug-likeness (QED) is 0.492. The van der Waals surface area contributed by atoms with Crippen LogP contribution in [0.2, 0.25) is 0 Å². The van der Waals surface area contributed by atoms with Crippen LogP contribution in [-0.2, 0) is 0 Å². The van der Waals surface area contributed by atoms with Crippen molar-refractivity contribution >= 4 is 16.4 Å². The molecule has 2 nitrogen and oxygen atoms in total. The van der Waals surface area contributed by atoms with E-state index in [0.717, 1.165) is 11.3 Å². The first-order chi connectivity index (χ1) is 9.83. The van der Waals surface area contributed by atoms with Crippen molar-refractivity contribution < 1.29 is 0 Å². The minimum atomic E-state index is 1.03. The highest BCUT2D eigenvalue weighted by Crippen LogP contribution is 2.30. The van der Waals surface area contributed by atoms with Crippen LogP contribution in [-0.4, -0.2) is 9.38 Å². The van der Waals surface area contributed by atoms with Gasteiger partial charge in [-0.2, -0.15) is 0 Å². The highest BCUT2D eigenvalue weighted by molar-refractivity contribution is 6.03. The van der Waals surface area contributed by atoms with E-state index >= 15 is 0 Å². The summed E-state index contributed by atoms with van der Waals surface area (Å²) in [6.45, 7) is 2.03. The summed E-state index contributed by atoms with van der Waals surface area (Å²) < 4.78 is 2.09. The lowest BCUT2D eigenvalue weighted by atomic mass is 9.99. The molecule has 0 N–H and O–H groups in total. The van der Waals surface area contributed by atoms with Gasteiger partial charge in [0.2, 0.25) is 0 Å². The molecule has 0 saturated carbocycles. The van der Waals surface area contributed by atoms with Gasteiger partial charge < -0.3 is 4.40 Å². The summed E-state index contributed by atoms with van der Waals surface area (Å²) in [5.41, 5.74) is 4.57. The van der Waals surface area contributed by atoms with Crippen LogP contribution in [0.1, 0.15) is 5.69 Å². The summed E-state index contributed by atoms with van der Waals surface area (Å²) in [5, 5.41) is 2.44. The molecule has 0 aliphatic rings. The van der Waals surface area contributed by atoms with Crippen LogP contribution in [0.4, 0.5) is 0 Å². The lowest BCUT2D eigenvalue weighted by molar-refractivity contribution is 1.20. The van der Waals surface area contributed by atoms with Crippen molar-refractivity contribution in [1.82, 2.24) is 9.38 Å². The number of nitrogens with zero attached hydrogens (tertiary/aromatic N) is 2. The first-order valence-electron chi connectivity index (χ1n) is 6.75. The van der Waals surface area contributed by atoms with Gasteiger partial charge in [0, 0.05) is 17.8 Å². The zero-order valence-electron chi connectivity index (χ0n) is 11.2. The number of pyridine rings is 1. The van der Waals surface area contributed by atoms with Crippen molar-refractivity contribution in [2.24, 2.45) is 0 Å². The van der Waals surface area contributed by atoms with Crippen LogP contribution < -0.4 is 0 Å². The predicted octanol–water partition coefficient (Wildman–Crippen LogP) is 4.46. The van der Waals surface area contributed by atoms with Crippen LogP contribution in [0.15, 0.2) is 67.0 Å². The van der Waals surface area contributed by atoms with Crippen molar-refractivity contribution in [2.45, 2.75) is 6.92 Å². The van der Waals surface area contributed by atoms with Gasteiger partial charge in [-0.1, -0.05) is 48.5 Å². The van der Waals surface area contributed by atoms with Crippen LogP contribution in [0.3, 0.4) is 0 Å². The second-order valence-electron chi connectivity index (χ2n) is 5.06. The molecule has 20 heavy (non-hydrogen) atoms. The minimum absolute atomic E-state index is 1.03. The van der Waals surface area contributed by atoms with Crippen molar-refractivity contribution in [3.63, 3.8) is 0 Å². The standard InChI is InChI=1S/C18H14N2/c1-13-12-20-11-10-16-15(14-6-3-2-4-7-14)8-5-9-17(16)18(20)19-13/h2-12H,1H3. The maximum absolute atomic E-state index is 4.64. The third kappa shape index (κ3) is 1.62. The highest BCUT2D eigenvalue weighted by Gasteiger charge is 2.07. The number of hydrogen-bond acceptors (Lipinski definition) is 1. The molecule has 0 radical (unpaired) electrons. The zero-order valence-corrected chi connectivity index (χ0v) is 11.2. The van der Waals surface area contributed by atoms with Crippen LogP contribution in [0.5, 0.6) is 0 Å². The van der Waals surface area contributed by atoms with Gasteiger partial charge in [0.1, 0.15) is 5.65 Å². The lowest BCUT2D eigenvalue weighted by Crippen LogP contribution is -1.87. The molecule has 2 aromatic heterocycles. The monoisotopic (exact) mass is 258 g/mol. The first-order valence-corrected chi connectivity index (χ1v) is 6.75. The summed E-state index contributed by atoms with van der Waals surface area (Å²) in [6, 6.07) is 19.1. The summed E-state index contributed by atoms with van der Waals surface area (Å²) in [6.07, 6.45) is 4.15. The number of aromatic nitrogens is 2. The highest BCUT2D eigenvalue weighted by atomic mass is 15.0. The molecule has 96 valence electrons. The lowest BCUT2D eigenvalue weighted by Gasteiger charge is -2.07. The smallest absolute Gasteiger partial charge is 0.144 e. The van der Waals surface area contributed by atoms with E-state index in [-0.39, 0.29) is 0 Å². The van der Waals surface area contributed by atoms with Gasteiger partial charge in [-0.3, -0.25) is 0 Å². The van der Waals surface area contributed by atoms with E-state index < -0.39 is 0 Å². The summed E-state index contributed by atoms with van der Waals surface area (Å²) in [5.74, 6) is 0. The van der Waals surface area contributed by atoms with E-state index in [1.165, 1.54) is 21.9 Å². The maximum Gasteiger partial charge on any atom is 0.144 e. The van der Waals surface area contributed by atoms with E-state index in [1.54, 1.807) is 0 Å². The Hall–Kier alpha value is -2.61. The Kier molecular flexibility index (Phi) is 2.36. The molecule has 0 saturated heterocycles. The fourth-order valence-corrected chi connectivity index (χ4v) is 2.79. The fourth-order valence-electron chi connectivity index (χ4n) is 2.79. The van der Waals surface area contributed by atoms with Crippen molar-refractivity contribution in [3.8, 4) is 11.1 Å². The van der Waals surface area contributed by atoms with E-state index in [4.69, 9.17) is 0 Å². The average molecular weight is 258 g/mol. The molecule has 2 heteroatoms. The Morgan fingerprint density at radius 2 is 1.70 bits per heavy atom. The molecule has 2 heterocycles. The predicted molar refractivity (Wildman–Crippen MR) is 82.9 cm³/mol. The molecule has 0 unspecified atom stereocenters. The van der Waals surface area contributed by atoms with Gasteiger partial charge in [0.15, 0.2) is 0 Å². The van der Waals surface area contributed by atoms with Crippen molar-refractivity contribution in [3.05, 3.63) is 72.7 Å². The fraction of sp³-hybridized carbons (Fsp3) is 0.0556. The van der Waals surface area contributed by atoms with Gasteiger partial charge in [-0.15, -0.1) is 0 Å². The third-order valence-electron chi connectivity index (χ3n) is 3.69. The second-order valence-corrected chi connectivity index (χ2v) is 5.06. The van der Waals surface area contributed by atoms with Gasteiger partial charge in [-0.25, -0.2) is 4.98 Å². The number of rotatable bonds is 1. The molecule has 0 atom stereocenters. The third-order valence-corrected chi connectivity index (χ3v) is 3.69. The molecule has 4 rings (SSSR count). The van der Waals surface area contributed by atoms with Gasteiger partial charge in [-0.05, 0) is 29.5 Å². The van der Waals surface area contributed by atoms with Gasteiger partial charge >= 0.3 is 0 Å². The SMILES string of the molecule is Cc1cn2ccc3c(-c4ccccc4)cccc3c2n1. The van der Waals surface area contributed by atoms with E-state index in [0.29, 0.717) is 0 Å². The zero-order chi connectivity index (χ0) is 13.5. The Morgan fingerprint density at radius 1 is 0.850 bits per heavy atom. The Bertz CT molecular complexity index is 905. The van der Waals surface area contributed by atoms with Crippen molar-refractivity contribution in [1.29, 1.82) is 0 Å². The molecule has 0 spiro atoms. The molecule has 0 fully saturated rings. The van der Waals surface area contributed by atoms with Gasteiger partial charge in [0.05, 0.1) is 5.69 Å². The summed E-state index contributed by atoms with van der Waals surface area (Å²) >= 11 is 0. The summed E-state index contributed by atoms with van der Waals surface area (Å²) in [7, 11) is 0. The Morgan fingerprint density at radius 3 is 2.55 bits per heavy atom. The molecule has 0 bridgehead atoms. The Balaban J connectivity index is 2.11. The van der Waals surface area contributed by atoms with Crippen molar-refractivity contribution in [2.75, 3.05) is 0 Å². The topological polar surface area (TPSA) is 17.3 Å². The van der Waals surface area contributed by atoms with E-state index in [9.17, 15) is 0 Å². The molecule has 2 aromatic carbocycles. The number of aryl methyl sites for hydroxylation is 1. The number of fused-ring (bicyclic) bond motifs is 3. The molecule has 0 aliphatic carbocycles. The largest absolute Gasteiger partial charge is 0.306 e. The first kappa shape index (κ1) is 11.2. The Labute approximate surface area is 117 Å². The number of imidazole rings is 1. The normalized spacial score (nSPS) is 11.2. The van der Waals surface area contributed by atoms with Crippen LogP contribution >= 0.6 is 0 Å². The van der Waals surface area contributed by atoms with E-state index in [2.05, 4.69) is 70.3 Å². The average Bonchev–Trinajstić information content (AvgIpc) is 2.88. The van der Waals surface area contributed by atoms with Crippen LogP contribution in [0.25, 0.3) is 27.5 Å². The number of hydrogen-bond donors (Lipinski definition) is 0. The van der Waals surface area contributed by atoms with Gasteiger partial charge in [0.25, 0.3) is 0 Å².